The van der Waals surface area contributed by atoms with Crippen LogP contribution in [0.4, 0.5) is 0 Å². The van der Waals surface area contributed by atoms with E-state index in [0.29, 0.717) is 30.1 Å². The second-order valence-electron chi connectivity index (χ2n) is 7.48. The largest absolute Gasteiger partial charge is 0.375 e. The minimum Gasteiger partial charge on any atom is -0.375 e. The molecule has 0 radical (unpaired) electrons. The van der Waals surface area contributed by atoms with Crippen LogP contribution in [0.25, 0.3) is 0 Å². The van der Waals surface area contributed by atoms with Crippen molar-refractivity contribution >= 4 is 0 Å². The smallest absolute Gasteiger partial charge is 0.0597 e. The van der Waals surface area contributed by atoms with Gasteiger partial charge in [-0.1, -0.05) is 33.6 Å². The molecule has 5 atom stereocenters. The molecule has 2 fully saturated rings. The van der Waals surface area contributed by atoms with E-state index in [9.17, 15) is 0 Å². The monoisotopic (exact) mass is 281 g/mol. The Bertz CT molecular complexity index is 285. The molecule has 0 spiro atoms. The number of nitrogens with one attached hydrogen (secondary N) is 1. The number of rotatable bonds is 5. The number of ether oxygens (including phenoxy) is 1. The first-order valence-electron chi connectivity index (χ1n) is 8.93. The van der Waals surface area contributed by atoms with Crippen LogP contribution in [0.3, 0.4) is 0 Å². The van der Waals surface area contributed by atoms with E-state index < -0.39 is 0 Å². The van der Waals surface area contributed by atoms with Gasteiger partial charge in [-0.2, -0.15) is 0 Å². The molecule has 20 heavy (non-hydrogen) atoms. The van der Waals surface area contributed by atoms with Crippen LogP contribution in [0, 0.1) is 23.7 Å². The highest BCUT2D eigenvalue weighted by Crippen LogP contribution is 2.41. The van der Waals surface area contributed by atoms with Crippen molar-refractivity contribution in [3.63, 3.8) is 0 Å². The van der Waals surface area contributed by atoms with E-state index in [1.54, 1.807) is 0 Å². The predicted molar refractivity (Wildman–Crippen MR) is 85.9 cm³/mol. The van der Waals surface area contributed by atoms with Crippen molar-refractivity contribution in [1.82, 2.24) is 5.32 Å². The zero-order chi connectivity index (χ0) is 14.7. The standard InChI is InChI=1S/C18H35NO/c1-6-11-19-18(16-9-7-12(2)8-10-16)17-13(3)14(4)20-15(17)5/h12-19H,6-11H2,1-5H3. The van der Waals surface area contributed by atoms with Gasteiger partial charge in [0.05, 0.1) is 12.2 Å². The van der Waals surface area contributed by atoms with E-state index in [4.69, 9.17) is 4.74 Å². The van der Waals surface area contributed by atoms with Crippen LogP contribution in [0.15, 0.2) is 0 Å². The number of hydrogen-bond acceptors (Lipinski definition) is 2. The lowest BCUT2D eigenvalue weighted by molar-refractivity contribution is 0.0421. The zero-order valence-corrected chi connectivity index (χ0v) is 14.2. The fourth-order valence-corrected chi connectivity index (χ4v) is 4.49. The van der Waals surface area contributed by atoms with E-state index in [2.05, 4.69) is 39.9 Å². The average Bonchev–Trinajstić information content (AvgIpc) is 2.67. The van der Waals surface area contributed by atoms with Gasteiger partial charge in [-0.15, -0.1) is 0 Å². The van der Waals surface area contributed by atoms with Crippen molar-refractivity contribution in [2.24, 2.45) is 23.7 Å². The summed E-state index contributed by atoms with van der Waals surface area (Å²) >= 11 is 0. The normalized spacial score (nSPS) is 43.6. The molecule has 1 saturated heterocycles. The summed E-state index contributed by atoms with van der Waals surface area (Å²) < 4.78 is 6.12. The maximum Gasteiger partial charge on any atom is 0.0597 e. The Kier molecular flexibility index (Phi) is 5.92. The van der Waals surface area contributed by atoms with Gasteiger partial charge < -0.3 is 10.1 Å². The molecule has 1 aliphatic heterocycles. The third-order valence-corrected chi connectivity index (χ3v) is 5.93. The molecule has 0 aromatic heterocycles. The Balaban J connectivity index is 2.06. The molecule has 1 saturated carbocycles. The second kappa shape index (κ2) is 7.26. The Hall–Kier alpha value is -0.0800. The van der Waals surface area contributed by atoms with Gasteiger partial charge in [-0.25, -0.2) is 0 Å². The molecule has 2 nitrogen and oxygen atoms in total. The minimum atomic E-state index is 0.411. The van der Waals surface area contributed by atoms with Gasteiger partial charge in [-0.3, -0.25) is 0 Å². The Morgan fingerprint density at radius 2 is 1.65 bits per heavy atom. The molecule has 1 aliphatic carbocycles. The molecule has 5 unspecified atom stereocenters. The summed E-state index contributed by atoms with van der Waals surface area (Å²) in [7, 11) is 0. The SMILES string of the molecule is CCCNC(C1CCC(C)CC1)C1C(C)OC(C)C1C. The average molecular weight is 281 g/mol. The van der Waals surface area contributed by atoms with Gasteiger partial charge in [0.2, 0.25) is 0 Å². The van der Waals surface area contributed by atoms with Crippen molar-refractivity contribution in [3.05, 3.63) is 0 Å². The molecular weight excluding hydrogens is 246 g/mol. The molecule has 0 aromatic carbocycles. The third kappa shape index (κ3) is 3.57. The summed E-state index contributed by atoms with van der Waals surface area (Å²) in [6, 6.07) is 0.664. The molecule has 2 heteroatoms. The molecule has 2 rings (SSSR count). The van der Waals surface area contributed by atoms with Crippen molar-refractivity contribution in [2.75, 3.05) is 6.54 Å². The van der Waals surface area contributed by atoms with Gasteiger partial charge in [0.1, 0.15) is 0 Å². The van der Waals surface area contributed by atoms with Crippen molar-refractivity contribution in [2.45, 2.75) is 85.0 Å². The topological polar surface area (TPSA) is 21.3 Å². The van der Waals surface area contributed by atoms with Crippen molar-refractivity contribution in [1.29, 1.82) is 0 Å². The molecule has 1 N–H and O–H groups in total. The lowest BCUT2D eigenvalue weighted by Gasteiger charge is -2.39. The van der Waals surface area contributed by atoms with E-state index in [0.717, 1.165) is 18.4 Å². The van der Waals surface area contributed by atoms with Gasteiger partial charge in [0.25, 0.3) is 0 Å². The van der Waals surface area contributed by atoms with Gasteiger partial charge >= 0.3 is 0 Å². The van der Waals surface area contributed by atoms with E-state index in [1.807, 2.05) is 0 Å². The van der Waals surface area contributed by atoms with Crippen LogP contribution in [0.5, 0.6) is 0 Å². The fraction of sp³-hybridized carbons (Fsp3) is 1.00. The molecular formula is C18H35NO. The maximum absolute atomic E-state index is 6.12. The molecule has 0 bridgehead atoms. The maximum atomic E-state index is 6.12. The zero-order valence-electron chi connectivity index (χ0n) is 14.2. The van der Waals surface area contributed by atoms with Crippen LogP contribution < -0.4 is 5.32 Å². The van der Waals surface area contributed by atoms with E-state index in [1.165, 1.54) is 32.1 Å². The van der Waals surface area contributed by atoms with Gasteiger partial charge in [0.15, 0.2) is 0 Å². The van der Waals surface area contributed by atoms with Crippen LogP contribution in [-0.4, -0.2) is 24.8 Å². The summed E-state index contributed by atoms with van der Waals surface area (Å²) in [6.07, 6.45) is 7.71. The van der Waals surface area contributed by atoms with E-state index >= 15 is 0 Å². The van der Waals surface area contributed by atoms with Crippen LogP contribution in [-0.2, 0) is 4.74 Å². The predicted octanol–water partition coefficient (Wildman–Crippen LogP) is 4.24. The Morgan fingerprint density at radius 3 is 2.15 bits per heavy atom. The summed E-state index contributed by atoms with van der Waals surface area (Å²) in [5, 5.41) is 3.90. The van der Waals surface area contributed by atoms with Crippen LogP contribution >= 0.6 is 0 Å². The summed E-state index contributed by atoms with van der Waals surface area (Å²) in [6.45, 7) is 12.8. The lowest BCUT2D eigenvalue weighted by atomic mass is 9.71. The first kappa shape index (κ1) is 16.3. The molecule has 118 valence electrons. The van der Waals surface area contributed by atoms with Crippen molar-refractivity contribution in [3.8, 4) is 0 Å². The first-order valence-corrected chi connectivity index (χ1v) is 8.93. The Labute approximate surface area is 126 Å². The second-order valence-corrected chi connectivity index (χ2v) is 7.48. The van der Waals surface area contributed by atoms with Gasteiger partial charge in [0, 0.05) is 12.0 Å². The Morgan fingerprint density at radius 1 is 1.00 bits per heavy atom. The molecule has 1 heterocycles. The third-order valence-electron chi connectivity index (χ3n) is 5.93. The minimum absolute atomic E-state index is 0.411. The number of hydrogen-bond donors (Lipinski definition) is 1. The quantitative estimate of drug-likeness (QED) is 0.814. The van der Waals surface area contributed by atoms with Gasteiger partial charge in [-0.05, 0) is 57.4 Å². The summed E-state index contributed by atoms with van der Waals surface area (Å²) in [5.41, 5.74) is 0. The van der Waals surface area contributed by atoms with Crippen molar-refractivity contribution < 1.29 is 4.74 Å². The summed E-state index contributed by atoms with van der Waals surface area (Å²) in [5.74, 6) is 3.17. The highest BCUT2D eigenvalue weighted by atomic mass is 16.5. The fourth-order valence-electron chi connectivity index (χ4n) is 4.49. The molecule has 2 aliphatic rings. The van der Waals surface area contributed by atoms with E-state index in [-0.39, 0.29) is 0 Å². The summed E-state index contributed by atoms with van der Waals surface area (Å²) in [4.78, 5) is 0. The molecule has 0 amide bonds. The highest BCUT2D eigenvalue weighted by Gasteiger charge is 2.44. The first-order chi connectivity index (χ1) is 9.54. The van der Waals surface area contributed by atoms with Crippen LogP contribution in [0.2, 0.25) is 0 Å². The lowest BCUT2D eigenvalue weighted by Crippen LogP contribution is -2.48. The van der Waals surface area contributed by atoms with Crippen LogP contribution in [0.1, 0.15) is 66.7 Å². The highest BCUT2D eigenvalue weighted by molar-refractivity contribution is 4.95. The molecule has 0 aromatic rings.